The summed E-state index contributed by atoms with van der Waals surface area (Å²) in [6.45, 7) is 3.83. The Morgan fingerprint density at radius 2 is 2.18 bits per heavy atom. The molecule has 94 valence electrons. The van der Waals surface area contributed by atoms with Crippen LogP contribution >= 0.6 is 0 Å². The number of hydrogen-bond acceptors (Lipinski definition) is 2. The minimum atomic E-state index is -0.784. The average Bonchev–Trinajstić information content (AvgIpc) is 2.87. The van der Waals surface area contributed by atoms with Crippen LogP contribution in [-0.4, -0.2) is 21.0 Å². The quantitative estimate of drug-likeness (QED) is 0.844. The molecule has 1 aromatic heterocycles. The Hall–Kier alpha value is -1.32. The maximum atomic E-state index is 10.8. The van der Waals surface area contributed by atoms with E-state index in [0.717, 1.165) is 5.82 Å². The lowest BCUT2D eigenvalue weighted by molar-refractivity contribution is -0.138. The van der Waals surface area contributed by atoms with Gasteiger partial charge < -0.3 is 10.1 Å². The highest BCUT2D eigenvalue weighted by molar-refractivity contribution is 5.68. The molecule has 0 unspecified atom stereocenters. The van der Waals surface area contributed by atoms with Crippen LogP contribution in [0.5, 0.6) is 0 Å². The van der Waals surface area contributed by atoms with Crippen molar-refractivity contribution in [2.45, 2.75) is 57.3 Å². The second-order valence-electron chi connectivity index (χ2n) is 5.62. The van der Waals surface area contributed by atoms with Crippen LogP contribution in [0.3, 0.4) is 0 Å². The summed E-state index contributed by atoms with van der Waals surface area (Å²) in [4.78, 5) is 18.5. The molecule has 0 aliphatic heterocycles. The lowest BCUT2D eigenvalue weighted by Crippen LogP contribution is -2.23. The third kappa shape index (κ3) is 2.68. The monoisotopic (exact) mass is 236 g/mol. The summed E-state index contributed by atoms with van der Waals surface area (Å²) in [5.41, 5.74) is 0.749. The van der Waals surface area contributed by atoms with Gasteiger partial charge in [-0.1, -0.05) is 26.7 Å². The number of aromatic nitrogens is 2. The fourth-order valence-electron chi connectivity index (χ4n) is 2.59. The molecule has 1 fully saturated rings. The van der Waals surface area contributed by atoms with Gasteiger partial charge >= 0.3 is 5.97 Å². The molecule has 0 amide bonds. The molecule has 17 heavy (non-hydrogen) atoms. The number of H-pyrrole nitrogens is 1. The number of nitrogens with one attached hydrogen (secondary N) is 1. The first-order valence-electron chi connectivity index (χ1n) is 6.26. The molecule has 2 rings (SSSR count). The van der Waals surface area contributed by atoms with Gasteiger partial charge in [0, 0.05) is 23.2 Å². The van der Waals surface area contributed by atoms with Crippen LogP contribution in [-0.2, 0) is 10.2 Å². The molecule has 0 atom stereocenters. The first-order valence-corrected chi connectivity index (χ1v) is 6.26. The molecule has 0 saturated heterocycles. The van der Waals surface area contributed by atoms with Crippen molar-refractivity contribution in [3.8, 4) is 0 Å². The van der Waals surface area contributed by atoms with Crippen LogP contribution < -0.4 is 0 Å². The second-order valence-corrected chi connectivity index (χ2v) is 5.62. The Labute approximate surface area is 101 Å². The van der Waals surface area contributed by atoms with Crippen LogP contribution in [0.4, 0.5) is 0 Å². The number of aliphatic carboxylic acids is 1. The fourth-order valence-corrected chi connectivity index (χ4v) is 2.59. The van der Waals surface area contributed by atoms with Crippen LogP contribution in [0.1, 0.15) is 63.4 Å². The molecule has 0 radical (unpaired) electrons. The first kappa shape index (κ1) is 12.1. The van der Waals surface area contributed by atoms with Crippen LogP contribution in [0, 0.1) is 0 Å². The van der Waals surface area contributed by atoms with E-state index in [4.69, 9.17) is 5.11 Å². The smallest absolute Gasteiger partial charge is 0.304 e. The molecule has 1 saturated carbocycles. The minimum Gasteiger partial charge on any atom is -0.481 e. The zero-order chi connectivity index (χ0) is 12.5. The number of hydrogen-bond donors (Lipinski definition) is 2. The van der Waals surface area contributed by atoms with Gasteiger partial charge in [0.2, 0.25) is 0 Å². The van der Waals surface area contributed by atoms with Gasteiger partial charge in [-0.15, -0.1) is 0 Å². The number of aromatic amines is 1. The zero-order valence-electron chi connectivity index (χ0n) is 10.5. The van der Waals surface area contributed by atoms with Crippen molar-refractivity contribution in [2.75, 3.05) is 0 Å². The lowest BCUT2D eigenvalue weighted by atomic mass is 9.88. The van der Waals surface area contributed by atoms with E-state index >= 15 is 0 Å². The number of nitrogens with zero attached hydrogens (tertiary/aromatic N) is 1. The number of rotatable bonds is 4. The maximum absolute atomic E-state index is 10.8. The molecular formula is C13H20N2O2. The number of carbonyl (C=O) groups is 1. The molecule has 0 aromatic carbocycles. The normalized spacial score (nSPS) is 17.5. The summed E-state index contributed by atoms with van der Waals surface area (Å²) < 4.78 is 0. The van der Waals surface area contributed by atoms with Crippen LogP contribution in [0.15, 0.2) is 6.20 Å². The molecule has 4 nitrogen and oxygen atoms in total. The Morgan fingerprint density at radius 3 is 2.76 bits per heavy atom. The third-order valence-electron chi connectivity index (χ3n) is 3.62. The van der Waals surface area contributed by atoms with E-state index in [0.29, 0.717) is 5.92 Å². The van der Waals surface area contributed by atoms with E-state index in [1.54, 1.807) is 0 Å². The van der Waals surface area contributed by atoms with E-state index in [1.165, 1.54) is 31.4 Å². The highest BCUT2D eigenvalue weighted by Gasteiger charge is 2.28. The summed E-state index contributed by atoms with van der Waals surface area (Å²) in [6.07, 6.45) is 7.01. The molecule has 1 aliphatic carbocycles. The van der Waals surface area contributed by atoms with Gasteiger partial charge in [-0.05, 0) is 12.8 Å². The van der Waals surface area contributed by atoms with Crippen molar-refractivity contribution in [1.29, 1.82) is 0 Å². The number of carboxylic acid groups (broad SMARTS) is 1. The zero-order valence-corrected chi connectivity index (χ0v) is 10.5. The van der Waals surface area contributed by atoms with Gasteiger partial charge in [-0.3, -0.25) is 4.79 Å². The first-order chi connectivity index (χ1) is 7.99. The summed E-state index contributed by atoms with van der Waals surface area (Å²) in [5.74, 6) is 0.604. The van der Waals surface area contributed by atoms with Crippen LogP contribution in [0.25, 0.3) is 0 Å². The van der Waals surface area contributed by atoms with Crippen molar-refractivity contribution in [3.05, 3.63) is 17.7 Å². The third-order valence-corrected chi connectivity index (χ3v) is 3.62. The number of imidazole rings is 1. The standard InChI is InChI=1S/C13H20N2O2/c1-13(2,7-11(16)17)12-14-8-10(15-12)9-5-3-4-6-9/h8-9H,3-7H2,1-2H3,(H,14,15)(H,16,17). The number of carboxylic acids is 1. The maximum Gasteiger partial charge on any atom is 0.304 e. The second kappa shape index (κ2) is 4.51. The van der Waals surface area contributed by atoms with Crippen molar-refractivity contribution in [1.82, 2.24) is 9.97 Å². The Morgan fingerprint density at radius 1 is 1.53 bits per heavy atom. The van der Waals surface area contributed by atoms with Crippen molar-refractivity contribution in [2.24, 2.45) is 0 Å². The van der Waals surface area contributed by atoms with E-state index in [9.17, 15) is 4.79 Å². The molecule has 0 bridgehead atoms. The topological polar surface area (TPSA) is 66.0 Å². The highest BCUT2D eigenvalue weighted by Crippen LogP contribution is 2.34. The van der Waals surface area contributed by atoms with Crippen LogP contribution in [0.2, 0.25) is 0 Å². The van der Waals surface area contributed by atoms with E-state index in [1.807, 2.05) is 20.0 Å². The summed E-state index contributed by atoms with van der Waals surface area (Å²) >= 11 is 0. The molecule has 1 aliphatic rings. The molecular weight excluding hydrogens is 216 g/mol. The van der Waals surface area contributed by atoms with Gasteiger partial charge in [0.05, 0.1) is 6.42 Å². The SMILES string of the molecule is CC(C)(CC(=O)O)c1ncc(C2CCCC2)[nH]1. The molecule has 1 aromatic rings. The fraction of sp³-hybridized carbons (Fsp3) is 0.692. The summed E-state index contributed by atoms with van der Waals surface area (Å²) in [6, 6.07) is 0. The predicted octanol–water partition coefficient (Wildman–Crippen LogP) is 2.82. The van der Waals surface area contributed by atoms with Gasteiger partial charge in [0.25, 0.3) is 0 Å². The molecule has 1 heterocycles. The largest absolute Gasteiger partial charge is 0.481 e. The lowest BCUT2D eigenvalue weighted by Gasteiger charge is -2.19. The van der Waals surface area contributed by atoms with E-state index < -0.39 is 11.4 Å². The molecule has 0 spiro atoms. The highest BCUT2D eigenvalue weighted by atomic mass is 16.4. The molecule has 4 heteroatoms. The van der Waals surface area contributed by atoms with Crippen molar-refractivity contribution >= 4 is 5.97 Å². The Balaban J connectivity index is 2.14. The van der Waals surface area contributed by atoms with Gasteiger partial charge in [0.15, 0.2) is 0 Å². The van der Waals surface area contributed by atoms with Crippen molar-refractivity contribution < 1.29 is 9.90 Å². The average molecular weight is 236 g/mol. The van der Waals surface area contributed by atoms with Gasteiger partial charge in [-0.2, -0.15) is 0 Å². The van der Waals surface area contributed by atoms with E-state index in [2.05, 4.69) is 9.97 Å². The Bertz CT molecular complexity index is 403. The summed E-state index contributed by atoms with van der Waals surface area (Å²) in [7, 11) is 0. The van der Waals surface area contributed by atoms with Gasteiger partial charge in [0.1, 0.15) is 5.82 Å². The van der Waals surface area contributed by atoms with E-state index in [-0.39, 0.29) is 6.42 Å². The summed E-state index contributed by atoms with van der Waals surface area (Å²) in [5, 5.41) is 8.89. The minimum absolute atomic E-state index is 0.102. The van der Waals surface area contributed by atoms with Crippen molar-refractivity contribution in [3.63, 3.8) is 0 Å². The molecule has 2 N–H and O–H groups in total. The predicted molar refractivity (Wildman–Crippen MR) is 65.1 cm³/mol. The Kier molecular flexibility index (Phi) is 3.22. The van der Waals surface area contributed by atoms with Gasteiger partial charge in [-0.25, -0.2) is 4.98 Å².